The zero-order valence-electron chi connectivity index (χ0n) is 13.4. The summed E-state index contributed by atoms with van der Waals surface area (Å²) in [6, 6.07) is 14.7. The zero-order chi connectivity index (χ0) is 16.5. The molecule has 0 radical (unpaired) electrons. The predicted octanol–water partition coefficient (Wildman–Crippen LogP) is 4.91. The van der Waals surface area contributed by atoms with E-state index in [1.807, 2.05) is 12.1 Å². The first-order valence-corrected chi connectivity index (χ1v) is 8.46. The van der Waals surface area contributed by atoms with Crippen LogP contribution in [0.2, 0.25) is 0 Å². The number of benzene rings is 2. The molecule has 4 heteroatoms. The van der Waals surface area contributed by atoms with Crippen LogP contribution in [-0.2, 0) is 6.42 Å². The Morgan fingerprint density at radius 2 is 1.75 bits per heavy atom. The fourth-order valence-electron chi connectivity index (χ4n) is 3.65. The van der Waals surface area contributed by atoms with Gasteiger partial charge in [0.05, 0.1) is 5.52 Å². The number of piperidine rings is 1. The largest absolute Gasteiger partial charge is 0.358 e. The number of hydrogen-bond donors (Lipinski definition) is 1. The molecule has 2 nitrogen and oxygen atoms in total. The second-order valence-corrected chi connectivity index (χ2v) is 6.63. The Hall–Kier alpha value is -2.36. The van der Waals surface area contributed by atoms with E-state index in [4.69, 9.17) is 0 Å². The van der Waals surface area contributed by atoms with Crippen molar-refractivity contribution in [2.45, 2.75) is 19.3 Å². The maximum atomic E-state index is 13.8. The van der Waals surface area contributed by atoms with Crippen LogP contribution in [-0.4, -0.2) is 18.1 Å². The van der Waals surface area contributed by atoms with Crippen LogP contribution in [0.5, 0.6) is 0 Å². The first-order valence-electron chi connectivity index (χ1n) is 8.46. The molecular formula is C20H20F2N2. The quantitative estimate of drug-likeness (QED) is 0.725. The number of halogens is 2. The Morgan fingerprint density at radius 1 is 1.00 bits per heavy atom. The first-order chi connectivity index (χ1) is 11.7. The summed E-state index contributed by atoms with van der Waals surface area (Å²) in [5, 5.41) is 0.592. The Bertz CT molecular complexity index is 833. The lowest BCUT2D eigenvalue weighted by molar-refractivity contribution is 0.402. The molecule has 1 aliphatic heterocycles. The second kappa shape index (κ2) is 6.27. The molecule has 0 amide bonds. The standard InChI is InChI=1S/C20H20F2N2/c21-17-11-16-12-19(23-20(16)18(22)13-17)24-8-6-15(7-9-24)10-14-4-2-1-3-5-14/h1-5,11-13,15,23H,6-10H2. The molecule has 3 aromatic rings. The van der Waals surface area contributed by atoms with Gasteiger partial charge in [-0.3, -0.25) is 0 Å². The van der Waals surface area contributed by atoms with Gasteiger partial charge in [0, 0.05) is 24.5 Å². The van der Waals surface area contributed by atoms with Gasteiger partial charge in [0.25, 0.3) is 0 Å². The van der Waals surface area contributed by atoms with Crippen molar-refractivity contribution >= 4 is 16.7 Å². The molecule has 0 atom stereocenters. The van der Waals surface area contributed by atoms with Crippen LogP contribution in [0.4, 0.5) is 14.6 Å². The van der Waals surface area contributed by atoms with E-state index in [1.54, 1.807) is 0 Å². The highest BCUT2D eigenvalue weighted by molar-refractivity contribution is 5.84. The van der Waals surface area contributed by atoms with Crippen LogP contribution in [0.1, 0.15) is 18.4 Å². The van der Waals surface area contributed by atoms with Crippen LogP contribution < -0.4 is 4.90 Å². The third kappa shape index (κ3) is 3.01. The van der Waals surface area contributed by atoms with Crippen LogP contribution in [0.3, 0.4) is 0 Å². The monoisotopic (exact) mass is 326 g/mol. The van der Waals surface area contributed by atoms with Gasteiger partial charge in [-0.2, -0.15) is 0 Å². The number of H-pyrrole nitrogens is 1. The molecular weight excluding hydrogens is 306 g/mol. The molecule has 4 rings (SSSR count). The van der Waals surface area contributed by atoms with Gasteiger partial charge in [0.15, 0.2) is 0 Å². The van der Waals surface area contributed by atoms with Gasteiger partial charge < -0.3 is 9.88 Å². The van der Waals surface area contributed by atoms with Gasteiger partial charge in [0.2, 0.25) is 0 Å². The minimum absolute atomic E-state index is 0.387. The van der Waals surface area contributed by atoms with Gasteiger partial charge in [-0.1, -0.05) is 30.3 Å². The van der Waals surface area contributed by atoms with Crippen molar-refractivity contribution in [3.8, 4) is 0 Å². The molecule has 1 saturated heterocycles. The van der Waals surface area contributed by atoms with Gasteiger partial charge >= 0.3 is 0 Å². The molecule has 1 fully saturated rings. The SMILES string of the molecule is Fc1cc(F)c2[nH]c(N3CCC(Cc4ccccc4)CC3)cc2c1. The number of hydrogen-bond acceptors (Lipinski definition) is 1. The molecule has 0 aliphatic carbocycles. The molecule has 1 aliphatic rings. The second-order valence-electron chi connectivity index (χ2n) is 6.63. The van der Waals surface area contributed by atoms with Crippen molar-refractivity contribution in [3.05, 3.63) is 65.7 Å². The topological polar surface area (TPSA) is 19.0 Å². The van der Waals surface area contributed by atoms with E-state index < -0.39 is 11.6 Å². The third-order valence-electron chi connectivity index (χ3n) is 4.95. The van der Waals surface area contributed by atoms with E-state index in [0.29, 0.717) is 16.8 Å². The fourth-order valence-corrected chi connectivity index (χ4v) is 3.65. The lowest BCUT2D eigenvalue weighted by atomic mass is 9.90. The van der Waals surface area contributed by atoms with Crippen LogP contribution >= 0.6 is 0 Å². The van der Waals surface area contributed by atoms with E-state index in [9.17, 15) is 8.78 Å². The Balaban J connectivity index is 1.45. The minimum atomic E-state index is -0.535. The molecule has 24 heavy (non-hydrogen) atoms. The van der Waals surface area contributed by atoms with Gasteiger partial charge in [-0.25, -0.2) is 8.78 Å². The number of rotatable bonds is 3. The van der Waals surface area contributed by atoms with Crippen LogP contribution in [0, 0.1) is 17.6 Å². The Morgan fingerprint density at radius 3 is 2.50 bits per heavy atom. The number of nitrogens with one attached hydrogen (secondary N) is 1. The summed E-state index contributed by atoms with van der Waals surface area (Å²) in [4.78, 5) is 5.34. The summed E-state index contributed by atoms with van der Waals surface area (Å²) in [6.07, 6.45) is 3.34. The van der Waals surface area contributed by atoms with Crippen LogP contribution in [0.15, 0.2) is 48.5 Å². The minimum Gasteiger partial charge on any atom is -0.358 e. The summed E-state index contributed by atoms with van der Waals surface area (Å²) < 4.78 is 27.2. The van der Waals surface area contributed by atoms with E-state index in [-0.39, 0.29) is 0 Å². The first kappa shape index (κ1) is 15.2. The number of aromatic amines is 1. The van der Waals surface area contributed by atoms with E-state index in [0.717, 1.165) is 44.2 Å². The third-order valence-corrected chi connectivity index (χ3v) is 4.95. The normalized spacial score (nSPS) is 16.0. The molecule has 2 heterocycles. The van der Waals surface area contributed by atoms with Gasteiger partial charge in [-0.05, 0) is 42.9 Å². The summed E-state index contributed by atoms with van der Waals surface area (Å²) in [5.74, 6) is 0.497. The number of nitrogens with zero attached hydrogens (tertiary/aromatic N) is 1. The lowest BCUT2D eigenvalue weighted by Crippen LogP contribution is -2.34. The Labute approximate surface area is 140 Å². The van der Waals surface area contributed by atoms with Crippen molar-refractivity contribution in [3.63, 3.8) is 0 Å². The predicted molar refractivity (Wildman–Crippen MR) is 93.3 cm³/mol. The van der Waals surface area contributed by atoms with E-state index in [2.05, 4.69) is 34.1 Å². The van der Waals surface area contributed by atoms with Crippen LogP contribution in [0.25, 0.3) is 10.9 Å². The highest BCUT2D eigenvalue weighted by atomic mass is 19.1. The summed E-state index contributed by atoms with van der Waals surface area (Å²) in [7, 11) is 0. The maximum Gasteiger partial charge on any atom is 0.150 e. The van der Waals surface area contributed by atoms with E-state index >= 15 is 0 Å². The van der Waals surface area contributed by atoms with Crippen molar-refractivity contribution in [1.82, 2.24) is 4.98 Å². The highest BCUT2D eigenvalue weighted by Gasteiger charge is 2.21. The average Bonchev–Trinajstić information content (AvgIpc) is 3.01. The highest BCUT2D eigenvalue weighted by Crippen LogP contribution is 2.29. The van der Waals surface area contributed by atoms with Crippen molar-refractivity contribution in [1.29, 1.82) is 0 Å². The lowest BCUT2D eigenvalue weighted by Gasteiger charge is -2.32. The summed E-state index contributed by atoms with van der Waals surface area (Å²) >= 11 is 0. The average molecular weight is 326 g/mol. The molecule has 0 bridgehead atoms. The number of aromatic nitrogens is 1. The molecule has 1 N–H and O–H groups in total. The molecule has 0 saturated carbocycles. The van der Waals surface area contributed by atoms with Crippen molar-refractivity contribution < 1.29 is 8.78 Å². The molecule has 0 unspecified atom stereocenters. The molecule has 2 aromatic carbocycles. The number of fused-ring (bicyclic) bond motifs is 1. The van der Waals surface area contributed by atoms with Crippen molar-refractivity contribution in [2.24, 2.45) is 5.92 Å². The molecule has 124 valence electrons. The van der Waals surface area contributed by atoms with Gasteiger partial charge in [0.1, 0.15) is 17.5 Å². The maximum absolute atomic E-state index is 13.8. The summed E-state index contributed by atoms with van der Waals surface area (Å²) in [6.45, 7) is 1.88. The Kier molecular flexibility index (Phi) is 3.97. The number of anilines is 1. The van der Waals surface area contributed by atoms with Crippen molar-refractivity contribution in [2.75, 3.05) is 18.0 Å². The molecule has 0 spiro atoms. The molecule has 1 aromatic heterocycles. The fraction of sp³-hybridized carbons (Fsp3) is 0.300. The summed E-state index contributed by atoms with van der Waals surface area (Å²) in [5.41, 5.74) is 1.77. The van der Waals surface area contributed by atoms with E-state index in [1.165, 1.54) is 11.6 Å². The zero-order valence-corrected chi connectivity index (χ0v) is 13.4. The smallest absolute Gasteiger partial charge is 0.150 e. The van der Waals surface area contributed by atoms with Gasteiger partial charge in [-0.15, -0.1) is 0 Å².